The number of rotatable bonds is 6. The number of thioether (sulfide) groups is 1. The van der Waals surface area contributed by atoms with Crippen molar-refractivity contribution in [3.8, 4) is 11.8 Å². The number of amides is 1. The molecule has 3 aromatic rings. The van der Waals surface area contributed by atoms with Gasteiger partial charge >= 0.3 is 6.01 Å². The molecule has 2 aromatic carbocycles. The maximum absolute atomic E-state index is 12.6. The Bertz CT molecular complexity index is 877. The van der Waals surface area contributed by atoms with Crippen molar-refractivity contribution in [2.75, 3.05) is 5.32 Å². The van der Waals surface area contributed by atoms with Crippen LogP contribution in [0.2, 0.25) is 0 Å². The summed E-state index contributed by atoms with van der Waals surface area (Å²) in [6.07, 6.45) is 2.76. The number of hydrogen-bond acceptors (Lipinski definition) is 5. The molecule has 1 heterocycles. The summed E-state index contributed by atoms with van der Waals surface area (Å²) < 4.78 is 30.7. The molecule has 3 rings (SSSR count). The standard InChI is InChI=1S/C18H13F2N3O2S/c19-17(20)26-15-9-5-4-8-14(15)16(24)23-12-10-21-18(22-11-12)25-13-6-2-1-3-7-13/h1-11,17H,(H,23,24). The van der Waals surface area contributed by atoms with Gasteiger partial charge in [-0.3, -0.25) is 4.79 Å². The number of para-hydroxylation sites is 1. The van der Waals surface area contributed by atoms with E-state index in [9.17, 15) is 13.6 Å². The maximum Gasteiger partial charge on any atom is 0.322 e. The van der Waals surface area contributed by atoms with E-state index in [0.29, 0.717) is 23.2 Å². The highest BCUT2D eigenvalue weighted by atomic mass is 32.2. The molecule has 26 heavy (non-hydrogen) atoms. The van der Waals surface area contributed by atoms with Crippen molar-refractivity contribution in [1.82, 2.24) is 9.97 Å². The van der Waals surface area contributed by atoms with Gasteiger partial charge in [-0.2, -0.15) is 8.78 Å². The summed E-state index contributed by atoms with van der Waals surface area (Å²) in [5.41, 5.74) is 0.481. The number of nitrogens with zero attached hydrogens (tertiary/aromatic N) is 2. The lowest BCUT2D eigenvalue weighted by Gasteiger charge is -2.09. The van der Waals surface area contributed by atoms with Crippen LogP contribution in [-0.4, -0.2) is 21.6 Å². The minimum Gasteiger partial charge on any atom is -0.424 e. The normalized spacial score (nSPS) is 10.6. The third-order valence-electron chi connectivity index (χ3n) is 3.19. The van der Waals surface area contributed by atoms with Crippen LogP contribution in [-0.2, 0) is 0 Å². The monoisotopic (exact) mass is 373 g/mol. The van der Waals surface area contributed by atoms with E-state index in [0.717, 1.165) is 0 Å². The molecule has 0 bridgehead atoms. The molecule has 1 aromatic heterocycles. The Morgan fingerprint density at radius 3 is 2.35 bits per heavy atom. The van der Waals surface area contributed by atoms with E-state index in [1.54, 1.807) is 24.3 Å². The van der Waals surface area contributed by atoms with Gasteiger partial charge in [-0.05, 0) is 24.3 Å². The Morgan fingerprint density at radius 2 is 1.65 bits per heavy atom. The topological polar surface area (TPSA) is 64.1 Å². The Labute approximate surface area is 152 Å². The molecule has 0 spiro atoms. The highest BCUT2D eigenvalue weighted by molar-refractivity contribution is 7.99. The molecule has 0 aliphatic rings. The molecular formula is C18H13F2N3O2S. The zero-order valence-electron chi connectivity index (χ0n) is 13.3. The second-order valence-corrected chi connectivity index (χ2v) is 6.03. The van der Waals surface area contributed by atoms with E-state index in [2.05, 4.69) is 15.3 Å². The largest absolute Gasteiger partial charge is 0.424 e. The van der Waals surface area contributed by atoms with Crippen molar-refractivity contribution in [3.63, 3.8) is 0 Å². The molecule has 0 aliphatic heterocycles. The lowest BCUT2D eigenvalue weighted by Crippen LogP contribution is -2.13. The number of ether oxygens (including phenoxy) is 1. The van der Waals surface area contributed by atoms with Gasteiger partial charge in [-0.1, -0.05) is 42.1 Å². The predicted octanol–water partition coefficient (Wildman–Crippen LogP) is 4.84. The molecule has 5 nitrogen and oxygen atoms in total. The number of aromatic nitrogens is 2. The lowest BCUT2D eigenvalue weighted by atomic mass is 10.2. The predicted molar refractivity (Wildman–Crippen MR) is 94.8 cm³/mol. The molecule has 0 radical (unpaired) electrons. The van der Waals surface area contributed by atoms with Gasteiger partial charge < -0.3 is 10.1 Å². The molecule has 1 N–H and O–H groups in total. The third-order valence-corrected chi connectivity index (χ3v) is 3.97. The van der Waals surface area contributed by atoms with Crippen molar-refractivity contribution in [2.24, 2.45) is 0 Å². The average Bonchev–Trinajstić information content (AvgIpc) is 2.64. The molecule has 132 valence electrons. The molecule has 0 aliphatic carbocycles. The molecule has 0 saturated carbocycles. The first kappa shape index (κ1) is 17.8. The van der Waals surface area contributed by atoms with Crippen molar-refractivity contribution in [1.29, 1.82) is 0 Å². The summed E-state index contributed by atoms with van der Waals surface area (Å²) in [6, 6.07) is 15.3. The number of alkyl halides is 2. The van der Waals surface area contributed by atoms with E-state index < -0.39 is 11.7 Å². The van der Waals surface area contributed by atoms with E-state index in [1.165, 1.54) is 24.5 Å². The number of hydrogen-bond donors (Lipinski definition) is 1. The van der Waals surface area contributed by atoms with Crippen molar-refractivity contribution in [2.45, 2.75) is 10.7 Å². The second-order valence-electron chi connectivity index (χ2n) is 5.00. The van der Waals surface area contributed by atoms with E-state index in [1.807, 2.05) is 18.2 Å². The minimum absolute atomic E-state index is 0.128. The van der Waals surface area contributed by atoms with E-state index >= 15 is 0 Å². The Hall–Kier alpha value is -3.00. The van der Waals surface area contributed by atoms with Crippen LogP contribution in [0.4, 0.5) is 14.5 Å². The van der Waals surface area contributed by atoms with Crippen molar-refractivity contribution >= 4 is 23.4 Å². The fourth-order valence-corrected chi connectivity index (χ4v) is 2.72. The van der Waals surface area contributed by atoms with Crippen LogP contribution in [0.5, 0.6) is 11.8 Å². The van der Waals surface area contributed by atoms with Crippen LogP contribution in [0, 0.1) is 0 Å². The zero-order chi connectivity index (χ0) is 18.4. The first-order valence-electron chi connectivity index (χ1n) is 7.52. The Morgan fingerprint density at radius 1 is 1.00 bits per heavy atom. The first-order valence-corrected chi connectivity index (χ1v) is 8.40. The number of nitrogens with one attached hydrogen (secondary N) is 1. The number of anilines is 1. The third kappa shape index (κ3) is 4.76. The van der Waals surface area contributed by atoms with Crippen LogP contribution >= 0.6 is 11.8 Å². The molecule has 0 atom stereocenters. The van der Waals surface area contributed by atoms with Gasteiger partial charge in [0.2, 0.25) is 0 Å². The summed E-state index contributed by atoms with van der Waals surface area (Å²) >= 11 is 0.322. The lowest BCUT2D eigenvalue weighted by molar-refractivity contribution is 0.102. The molecule has 8 heteroatoms. The van der Waals surface area contributed by atoms with Gasteiger partial charge in [0.25, 0.3) is 11.7 Å². The van der Waals surface area contributed by atoms with Gasteiger partial charge in [0.1, 0.15) is 5.75 Å². The fourth-order valence-electron chi connectivity index (χ4n) is 2.08. The molecule has 0 saturated heterocycles. The summed E-state index contributed by atoms with van der Waals surface area (Å²) in [4.78, 5) is 20.6. The second kappa shape index (κ2) is 8.39. The molecular weight excluding hydrogens is 360 g/mol. The fraction of sp³-hybridized carbons (Fsp3) is 0.0556. The van der Waals surface area contributed by atoms with E-state index in [-0.39, 0.29) is 16.5 Å². The van der Waals surface area contributed by atoms with Crippen LogP contribution in [0.3, 0.4) is 0 Å². The van der Waals surface area contributed by atoms with Gasteiger partial charge in [0, 0.05) is 4.90 Å². The summed E-state index contributed by atoms with van der Waals surface area (Å²) in [6.45, 7) is 0. The van der Waals surface area contributed by atoms with Gasteiger partial charge in [-0.25, -0.2) is 9.97 Å². The van der Waals surface area contributed by atoms with Crippen LogP contribution in [0.1, 0.15) is 10.4 Å². The highest BCUT2D eigenvalue weighted by Gasteiger charge is 2.15. The highest BCUT2D eigenvalue weighted by Crippen LogP contribution is 2.28. The van der Waals surface area contributed by atoms with Crippen molar-refractivity contribution < 1.29 is 18.3 Å². The Balaban J connectivity index is 1.68. The summed E-state index contributed by atoms with van der Waals surface area (Å²) in [7, 11) is 0. The Kier molecular flexibility index (Phi) is 5.75. The van der Waals surface area contributed by atoms with Crippen LogP contribution < -0.4 is 10.1 Å². The first-order chi connectivity index (χ1) is 12.6. The molecule has 0 fully saturated rings. The zero-order valence-corrected chi connectivity index (χ0v) is 14.1. The van der Waals surface area contributed by atoms with Gasteiger partial charge in [-0.15, -0.1) is 0 Å². The molecule has 0 unspecified atom stereocenters. The summed E-state index contributed by atoms with van der Waals surface area (Å²) in [5, 5.41) is 2.59. The minimum atomic E-state index is -2.61. The number of halogens is 2. The van der Waals surface area contributed by atoms with Crippen LogP contribution in [0.15, 0.2) is 71.9 Å². The van der Waals surface area contributed by atoms with Gasteiger partial charge in [0.05, 0.1) is 23.6 Å². The van der Waals surface area contributed by atoms with Crippen molar-refractivity contribution in [3.05, 3.63) is 72.6 Å². The number of carbonyl (C=O) groups excluding carboxylic acids is 1. The number of benzene rings is 2. The average molecular weight is 373 g/mol. The maximum atomic E-state index is 12.6. The smallest absolute Gasteiger partial charge is 0.322 e. The van der Waals surface area contributed by atoms with E-state index in [4.69, 9.17) is 4.74 Å². The molecule has 1 amide bonds. The SMILES string of the molecule is O=C(Nc1cnc(Oc2ccccc2)nc1)c1ccccc1SC(F)F. The van der Waals surface area contributed by atoms with Gasteiger partial charge in [0.15, 0.2) is 0 Å². The summed E-state index contributed by atoms with van der Waals surface area (Å²) in [5.74, 6) is -2.54. The number of carbonyl (C=O) groups is 1. The quantitative estimate of drug-likeness (QED) is 0.627. The van der Waals surface area contributed by atoms with Crippen LogP contribution in [0.25, 0.3) is 0 Å².